The van der Waals surface area contributed by atoms with E-state index in [2.05, 4.69) is 15.0 Å². The Labute approximate surface area is 107 Å². The predicted octanol–water partition coefficient (Wildman–Crippen LogP) is -2.01. The van der Waals surface area contributed by atoms with E-state index >= 15 is 0 Å². The van der Waals surface area contributed by atoms with Gasteiger partial charge in [0.25, 0.3) is 0 Å². The molecule has 0 amide bonds. The van der Waals surface area contributed by atoms with Gasteiger partial charge in [0.1, 0.15) is 30.2 Å². The van der Waals surface area contributed by atoms with E-state index in [1.807, 2.05) is 0 Å². The zero-order valence-corrected chi connectivity index (χ0v) is 9.92. The minimum atomic E-state index is -1.11. The lowest BCUT2D eigenvalue weighted by atomic mass is 10.1. The number of fused-ring (bicyclic) bond motifs is 1. The molecule has 1 fully saturated rings. The van der Waals surface area contributed by atoms with Crippen molar-refractivity contribution in [3.8, 4) is 0 Å². The SMILES string of the molecule is NC[C@H]1O[C@@H](n2cnc3c(N)ncnc32)[C@@H](O)[C@H]1O. The summed E-state index contributed by atoms with van der Waals surface area (Å²) in [6.07, 6.45) is -0.850. The van der Waals surface area contributed by atoms with Crippen molar-refractivity contribution < 1.29 is 14.9 Å². The first kappa shape index (κ1) is 12.2. The third-order valence-electron chi connectivity index (χ3n) is 3.23. The highest BCUT2D eigenvalue weighted by Crippen LogP contribution is 2.31. The molecular weight excluding hydrogens is 252 g/mol. The van der Waals surface area contributed by atoms with E-state index in [1.165, 1.54) is 17.2 Å². The van der Waals surface area contributed by atoms with Crippen LogP contribution >= 0.6 is 0 Å². The molecule has 9 heteroatoms. The van der Waals surface area contributed by atoms with Crippen molar-refractivity contribution in [1.82, 2.24) is 19.5 Å². The third-order valence-corrected chi connectivity index (χ3v) is 3.23. The molecule has 9 nitrogen and oxygen atoms in total. The summed E-state index contributed by atoms with van der Waals surface area (Å²) < 4.78 is 7.04. The van der Waals surface area contributed by atoms with E-state index in [9.17, 15) is 10.2 Å². The Morgan fingerprint density at radius 1 is 1.26 bits per heavy atom. The van der Waals surface area contributed by atoms with Crippen LogP contribution in [0.1, 0.15) is 6.23 Å². The van der Waals surface area contributed by atoms with Gasteiger partial charge in [-0.1, -0.05) is 0 Å². The van der Waals surface area contributed by atoms with Crippen LogP contribution in [0, 0.1) is 0 Å². The molecule has 1 aliphatic rings. The van der Waals surface area contributed by atoms with Crippen molar-refractivity contribution >= 4 is 17.0 Å². The molecule has 0 radical (unpaired) electrons. The number of aromatic nitrogens is 4. The number of aliphatic hydroxyl groups excluding tert-OH is 2. The second-order valence-corrected chi connectivity index (χ2v) is 4.36. The monoisotopic (exact) mass is 266 g/mol. The number of nitrogen functional groups attached to an aromatic ring is 1. The maximum absolute atomic E-state index is 10.0. The van der Waals surface area contributed by atoms with Gasteiger partial charge in [-0.2, -0.15) is 0 Å². The maximum atomic E-state index is 10.0. The normalized spacial score (nSPS) is 31.1. The van der Waals surface area contributed by atoms with E-state index in [1.54, 1.807) is 0 Å². The highest BCUT2D eigenvalue weighted by molar-refractivity contribution is 5.81. The molecule has 3 heterocycles. The second-order valence-electron chi connectivity index (χ2n) is 4.36. The van der Waals surface area contributed by atoms with Crippen LogP contribution in [0.15, 0.2) is 12.7 Å². The van der Waals surface area contributed by atoms with E-state index in [-0.39, 0.29) is 12.4 Å². The molecule has 102 valence electrons. The summed E-state index contributed by atoms with van der Waals surface area (Å²) in [5.74, 6) is 0.243. The number of imidazole rings is 1. The van der Waals surface area contributed by atoms with Crippen molar-refractivity contribution in [2.24, 2.45) is 5.73 Å². The van der Waals surface area contributed by atoms with Crippen LogP contribution in [-0.2, 0) is 4.74 Å². The molecule has 0 aliphatic carbocycles. The molecule has 2 aromatic rings. The molecule has 1 saturated heterocycles. The fraction of sp³-hybridized carbons (Fsp3) is 0.500. The summed E-state index contributed by atoms with van der Waals surface area (Å²) >= 11 is 0. The van der Waals surface area contributed by atoms with Crippen LogP contribution in [0.4, 0.5) is 5.82 Å². The second kappa shape index (κ2) is 4.38. The van der Waals surface area contributed by atoms with Gasteiger partial charge in [-0.3, -0.25) is 4.57 Å². The smallest absolute Gasteiger partial charge is 0.167 e. The first-order valence-electron chi connectivity index (χ1n) is 5.78. The standard InChI is InChI=1S/C10H14N6O3/c11-1-4-6(17)7(18)10(19-4)16-3-15-5-8(12)13-2-14-9(5)16/h2-4,6-7,10,17-18H,1,11H2,(H2,12,13,14)/t4-,6+,7+,10-/m1/s1. The summed E-state index contributed by atoms with van der Waals surface area (Å²) in [7, 11) is 0. The summed E-state index contributed by atoms with van der Waals surface area (Å²) in [4.78, 5) is 12.0. The van der Waals surface area contributed by atoms with Gasteiger partial charge in [-0.05, 0) is 0 Å². The van der Waals surface area contributed by atoms with E-state index in [0.717, 1.165) is 0 Å². The Morgan fingerprint density at radius 2 is 2.05 bits per heavy atom. The zero-order valence-electron chi connectivity index (χ0n) is 9.92. The number of ether oxygens (including phenoxy) is 1. The molecule has 4 atom stereocenters. The number of hydrogen-bond acceptors (Lipinski definition) is 8. The van der Waals surface area contributed by atoms with Crippen LogP contribution in [0.3, 0.4) is 0 Å². The summed E-state index contributed by atoms with van der Waals surface area (Å²) in [6.45, 7) is 0.110. The minimum Gasteiger partial charge on any atom is -0.387 e. The summed E-state index contributed by atoms with van der Waals surface area (Å²) in [6, 6.07) is 0. The fourth-order valence-corrected chi connectivity index (χ4v) is 2.21. The van der Waals surface area contributed by atoms with Crippen molar-refractivity contribution in [2.45, 2.75) is 24.5 Å². The number of rotatable bonds is 2. The van der Waals surface area contributed by atoms with Gasteiger partial charge in [-0.25, -0.2) is 15.0 Å². The lowest BCUT2D eigenvalue weighted by Gasteiger charge is -2.16. The Kier molecular flexibility index (Phi) is 2.82. The third kappa shape index (κ3) is 1.75. The predicted molar refractivity (Wildman–Crippen MR) is 64.7 cm³/mol. The van der Waals surface area contributed by atoms with Gasteiger partial charge in [0, 0.05) is 6.54 Å². The molecule has 3 rings (SSSR count). The van der Waals surface area contributed by atoms with Gasteiger partial charge in [-0.15, -0.1) is 0 Å². The molecular formula is C10H14N6O3. The maximum Gasteiger partial charge on any atom is 0.167 e. The first-order chi connectivity index (χ1) is 9.13. The molecule has 0 bridgehead atoms. The lowest BCUT2D eigenvalue weighted by molar-refractivity contribution is -0.0322. The summed E-state index contributed by atoms with van der Waals surface area (Å²) in [5.41, 5.74) is 12.0. The van der Waals surface area contributed by atoms with Crippen LogP contribution < -0.4 is 11.5 Å². The van der Waals surface area contributed by atoms with Crippen molar-refractivity contribution in [2.75, 3.05) is 12.3 Å². The van der Waals surface area contributed by atoms with Crippen LogP contribution in [0.2, 0.25) is 0 Å². The molecule has 0 spiro atoms. The van der Waals surface area contributed by atoms with Crippen molar-refractivity contribution in [3.63, 3.8) is 0 Å². The Balaban J connectivity index is 2.04. The van der Waals surface area contributed by atoms with Crippen LogP contribution in [0.5, 0.6) is 0 Å². The highest BCUT2D eigenvalue weighted by Gasteiger charge is 2.43. The van der Waals surface area contributed by atoms with Crippen molar-refractivity contribution in [3.05, 3.63) is 12.7 Å². The topological polar surface area (TPSA) is 145 Å². The quantitative estimate of drug-likeness (QED) is 0.487. The van der Waals surface area contributed by atoms with Gasteiger partial charge in [0.05, 0.1) is 6.33 Å². The number of aliphatic hydroxyl groups is 2. The van der Waals surface area contributed by atoms with E-state index < -0.39 is 24.5 Å². The molecule has 2 aromatic heterocycles. The van der Waals surface area contributed by atoms with E-state index in [0.29, 0.717) is 11.2 Å². The first-order valence-corrected chi connectivity index (χ1v) is 5.78. The Morgan fingerprint density at radius 3 is 2.74 bits per heavy atom. The molecule has 0 saturated carbocycles. The Hall–Kier alpha value is -1.81. The fourth-order valence-electron chi connectivity index (χ4n) is 2.21. The number of nitrogens with two attached hydrogens (primary N) is 2. The van der Waals surface area contributed by atoms with Gasteiger partial charge in [0.15, 0.2) is 17.7 Å². The molecule has 0 unspecified atom stereocenters. The van der Waals surface area contributed by atoms with E-state index in [4.69, 9.17) is 16.2 Å². The van der Waals surface area contributed by atoms with Gasteiger partial charge < -0.3 is 26.4 Å². The molecule has 0 aromatic carbocycles. The van der Waals surface area contributed by atoms with Gasteiger partial charge >= 0.3 is 0 Å². The summed E-state index contributed by atoms with van der Waals surface area (Å²) in [5, 5.41) is 19.8. The molecule has 19 heavy (non-hydrogen) atoms. The van der Waals surface area contributed by atoms with Gasteiger partial charge in [0.2, 0.25) is 0 Å². The average Bonchev–Trinajstić information content (AvgIpc) is 2.94. The Bertz CT molecular complexity index is 602. The number of nitrogens with zero attached hydrogens (tertiary/aromatic N) is 4. The minimum absolute atomic E-state index is 0.110. The average molecular weight is 266 g/mol. The van der Waals surface area contributed by atoms with Crippen LogP contribution in [0.25, 0.3) is 11.2 Å². The molecule has 6 N–H and O–H groups in total. The zero-order chi connectivity index (χ0) is 13.6. The number of anilines is 1. The van der Waals surface area contributed by atoms with Crippen molar-refractivity contribution in [1.29, 1.82) is 0 Å². The largest absolute Gasteiger partial charge is 0.387 e. The lowest BCUT2D eigenvalue weighted by Crippen LogP contribution is -2.35. The number of hydrogen-bond donors (Lipinski definition) is 4. The van der Waals surface area contributed by atoms with Crippen LogP contribution in [-0.4, -0.2) is 54.6 Å². The molecule has 1 aliphatic heterocycles. The highest BCUT2D eigenvalue weighted by atomic mass is 16.6.